The third kappa shape index (κ3) is 3.52. The van der Waals surface area contributed by atoms with E-state index < -0.39 is 0 Å². The minimum absolute atomic E-state index is 1.23. The van der Waals surface area contributed by atoms with Gasteiger partial charge in [-0.05, 0) is 10.4 Å². The molecular formula is C12H18N2. The Labute approximate surface area is 85.8 Å². The summed E-state index contributed by atoms with van der Waals surface area (Å²) in [5, 5.41) is 2.46. The molecule has 0 saturated heterocycles. The molecule has 0 unspecified atom stereocenters. The highest BCUT2D eigenvalue weighted by Crippen LogP contribution is 1.77. The maximum atomic E-state index is 2.12. The Morgan fingerprint density at radius 3 is 1.21 bits per heavy atom. The van der Waals surface area contributed by atoms with Crippen molar-refractivity contribution in [3.63, 3.8) is 0 Å². The Hall–Kier alpha value is -1.44. The van der Waals surface area contributed by atoms with Gasteiger partial charge >= 0.3 is 0 Å². The van der Waals surface area contributed by atoms with Gasteiger partial charge in [-0.25, -0.2) is 0 Å². The van der Waals surface area contributed by atoms with Crippen molar-refractivity contribution in [3.8, 4) is 0 Å². The number of benzene rings is 1. The molecule has 0 heterocycles. The minimum Gasteiger partial charge on any atom is -0.383 e. The summed E-state index contributed by atoms with van der Waals surface area (Å²) >= 11 is 0. The van der Waals surface area contributed by atoms with Crippen molar-refractivity contribution in [2.45, 2.75) is 0 Å². The second-order valence-corrected chi connectivity index (χ2v) is 3.85. The first kappa shape index (κ1) is 10.6. The summed E-state index contributed by atoms with van der Waals surface area (Å²) in [6, 6.07) is 8.48. The zero-order chi connectivity index (χ0) is 10.6. The number of rotatable bonds is 2. The fraction of sp³-hybridized carbons (Fsp3) is 0.333. The van der Waals surface area contributed by atoms with Crippen LogP contribution in [0, 0.1) is 0 Å². The van der Waals surface area contributed by atoms with E-state index >= 15 is 0 Å². The van der Waals surface area contributed by atoms with Crippen molar-refractivity contribution in [2.75, 3.05) is 28.2 Å². The topological polar surface area (TPSA) is 6.48 Å². The largest absolute Gasteiger partial charge is 0.383 e. The van der Waals surface area contributed by atoms with Gasteiger partial charge in [0, 0.05) is 40.6 Å². The highest BCUT2D eigenvalue weighted by atomic mass is 15.0. The fourth-order valence-electron chi connectivity index (χ4n) is 1.26. The molecule has 76 valence electrons. The lowest BCUT2D eigenvalue weighted by Gasteiger charge is -2.04. The van der Waals surface area contributed by atoms with Gasteiger partial charge in [0.15, 0.2) is 0 Å². The van der Waals surface area contributed by atoms with E-state index in [4.69, 9.17) is 0 Å². The SMILES string of the molecule is CN(C)C=c1ccc(=CN(C)C)cc1. The predicted octanol–water partition coefficient (Wildman–Crippen LogP) is 0.286. The van der Waals surface area contributed by atoms with Crippen LogP contribution < -0.4 is 10.4 Å². The van der Waals surface area contributed by atoms with Crippen LogP contribution in [-0.2, 0) is 0 Å². The van der Waals surface area contributed by atoms with E-state index in [1.807, 2.05) is 38.0 Å². The zero-order valence-corrected chi connectivity index (χ0v) is 9.36. The summed E-state index contributed by atoms with van der Waals surface area (Å²) in [7, 11) is 8.11. The second-order valence-electron chi connectivity index (χ2n) is 3.85. The van der Waals surface area contributed by atoms with Crippen LogP contribution in [0.2, 0.25) is 0 Å². The van der Waals surface area contributed by atoms with Crippen molar-refractivity contribution in [1.82, 2.24) is 9.80 Å². The van der Waals surface area contributed by atoms with E-state index in [0.29, 0.717) is 0 Å². The molecule has 0 fully saturated rings. The van der Waals surface area contributed by atoms with Gasteiger partial charge in [0.05, 0.1) is 0 Å². The molecule has 0 bridgehead atoms. The standard InChI is InChI=1S/C12H18N2/c1-13(2)9-11-5-7-12(8-6-11)10-14(3)4/h5-10H,1-4H3. The quantitative estimate of drug-likeness (QED) is 0.661. The van der Waals surface area contributed by atoms with Gasteiger partial charge in [-0.1, -0.05) is 24.3 Å². The Morgan fingerprint density at radius 2 is 1.00 bits per heavy atom. The lowest BCUT2D eigenvalue weighted by atomic mass is 10.2. The first-order chi connectivity index (χ1) is 6.58. The third-order valence-corrected chi connectivity index (χ3v) is 1.75. The van der Waals surface area contributed by atoms with Gasteiger partial charge in [0.2, 0.25) is 0 Å². The van der Waals surface area contributed by atoms with E-state index in [-0.39, 0.29) is 0 Å². The minimum atomic E-state index is 1.23. The molecule has 0 aliphatic rings. The van der Waals surface area contributed by atoms with Gasteiger partial charge in [-0.15, -0.1) is 0 Å². The molecule has 0 N–H and O–H groups in total. The zero-order valence-electron chi connectivity index (χ0n) is 9.36. The van der Waals surface area contributed by atoms with Gasteiger partial charge in [-0.3, -0.25) is 0 Å². The maximum absolute atomic E-state index is 2.12. The van der Waals surface area contributed by atoms with Crippen molar-refractivity contribution >= 4 is 12.4 Å². The Bertz CT molecular complexity index is 329. The van der Waals surface area contributed by atoms with Crippen LogP contribution in [0.5, 0.6) is 0 Å². The Kier molecular flexibility index (Phi) is 3.57. The molecule has 1 aromatic carbocycles. The average Bonchev–Trinajstić information content (AvgIpc) is 2.06. The molecule has 0 saturated carbocycles. The molecular weight excluding hydrogens is 172 g/mol. The molecule has 0 aromatic heterocycles. The molecule has 2 heteroatoms. The summed E-state index contributed by atoms with van der Waals surface area (Å²) < 4.78 is 0. The van der Waals surface area contributed by atoms with E-state index in [9.17, 15) is 0 Å². The van der Waals surface area contributed by atoms with E-state index in [1.54, 1.807) is 0 Å². The number of hydrogen-bond acceptors (Lipinski definition) is 2. The van der Waals surface area contributed by atoms with Crippen LogP contribution in [0.1, 0.15) is 0 Å². The second kappa shape index (κ2) is 4.70. The van der Waals surface area contributed by atoms with Crippen LogP contribution in [0.3, 0.4) is 0 Å². The summed E-state index contributed by atoms with van der Waals surface area (Å²) in [6.45, 7) is 0. The first-order valence-corrected chi connectivity index (χ1v) is 4.70. The molecule has 1 rings (SSSR count). The van der Waals surface area contributed by atoms with Crippen molar-refractivity contribution in [1.29, 1.82) is 0 Å². The summed E-state index contributed by atoms with van der Waals surface area (Å²) in [4.78, 5) is 4.09. The molecule has 1 aromatic rings. The van der Waals surface area contributed by atoms with Crippen molar-refractivity contribution < 1.29 is 0 Å². The molecule has 14 heavy (non-hydrogen) atoms. The Balaban J connectivity index is 3.01. The molecule has 2 nitrogen and oxygen atoms in total. The van der Waals surface area contributed by atoms with E-state index in [0.717, 1.165) is 0 Å². The summed E-state index contributed by atoms with van der Waals surface area (Å²) in [5.41, 5.74) is 0. The predicted molar refractivity (Wildman–Crippen MR) is 62.0 cm³/mol. The lowest BCUT2D eigenvalue weighted by molar-refractivity contribution is 0.613. The highest BCUT2D eigenvalue weighted by Gasteiger charge is 1.83. The van der Waals surface area contributed by atoms with Crippen LogP contribution in [-0.4, -0.2) is 38.0 Å². The molecule has 0 aliphatic carbocycles. The van der Waals surface area contributed by atoms with E-state index in [2.05, 4.69) is 36.7 Å². The van der Waals surface area contributed by atoms with Crippen LogP contribution in [0.25, 0.3) is 12.4 Å². The fourth-order valence-corrected chi connectivity index (χ4v) is 1.26. The highest BCUT2D eigenvalue weighted by molar-refractivity contribution is 5.26. The van der Waals surface area contributed by atoms with Gasteiger partial charge in [0.25, 0.3) is 0 Å². The maximum Gasteiger partial charge on any atom is 0.00586 e. The molecule has 0 spiro atoms. The molecule has 0 radical (unpaired) electrons. The normalized spacial score (nSPS) is 9.43. The van der Waals surface area contributed by atoms with Crippen molar-refractivity contribution in [2.24, 2.45) is 0 Å². The third-order valence-electron chi connectivity index (χ3n) is 1.75. The number of nitrogens with zero attached hydrogens (tertiary/aromatic N) is 2. The molecule has 0 aliphatic heterocycles. The van der Waals surface area contributed by atoms with Gasteiger partial charge in [-0.2, -0.15) is 0 Å². The van der Waals surface area contributed by atoms with E-state index in [1.165, 1.54) is 10.4 Å². The smallest absolute Gasteiger partial charge is 0.00586 e. The molecule has 0 amide bonds. The van der Waals surface area contributed by atoms with Crippen LogP contribution in [0.4, 0.5) is 0 Å². The summed E-state index contributed by atoms with van der Waals surface area (Å²) in [6.07, 6.45) is 4.19. The van der Waals surface area contributed by atoms with Crippen molar-refractivity contribution in [3.05, 3.63) is 34.7 Å². The summed E-state index contributed by atoms with van der Waals surface area (Å²) in [5.74, 6) is 0. The molecule has 0 atom stereocenters. The van der Waals surface area contributed by atoms with Crippen LogP contribution in [0.15, 0.2) is 24.3 Å². The van der Waals surface area contributed by atoms with Crippen LogP contribution >= 0.6 is 0 Å². The van der Waals surface area contributed by atoms with Gasteiger partial charge in [0.1, 0.15) is 0 Å². The first-order valence-electron chi connectivity index (χ1n) is 4.70. The monoisotopic (exact) mass is 190 g/mol. The number of hydrogen-bond donors (Lipinski definition) is 0. The Morgan fingerprint density at radius 1 is 0.714 bits per heavy atom. The average molecular weight is 190 g/mol. The van der Waals surface area contributed by atoms with Gasteiger partial charge < -0.3 is 9.80 Å². The lowest BCUT2D eigenvalue weighted by Crippen LogP contribution is -2.15.